The minimum Gasteiger partial charge on any atom is -0.361 e. The summed E-state index contributed by atoms with van der Waals surface area (Å²) in [5.74, 6) is 1.02. The molecular formula is C20H25FN6. The molecule has 0 aliphatic rings. The topological polar surface area (TPSA) is 59.2 Å². The number of aromatic nitrogens is 4. The fraction of sp³-hybridized carbons (Fsp3) is 0.300. The molecule has 0 spiro atoms. The van der Waals surface area contributed by atoms with Crippen LogP contribution in [-0.2, 0) is 6.54 Å². The van der Waals surface area contributed by atoms with E-state index in [2.05, 4.69) is 33.8 Å². The van der Waals surface area contributed by atoms with E-state index in [0.717, 1.165) is 17.1 Å². The summed E-state index contributed by atoms with van der Waals surface area (Å²) in [6.45, 7) is 4.79. The summed E-state index contributed by atoms with van der Waals surface area (Å²) in [6, 6.07) is 6.75. The van der Waals surface area contributed by atoms with Gasteiger partial charge in [0.1, 0.15) is 11.5 Å². The maximum absolute atomic E-state index is 13.0. The molecule has 0 aromatic carbocycles. The Hall–Kier alpha value is -3.09. The van der Waals surface area contributed by atoms with E-state index in [1.165, 1.54) is 18.7 Å². The Balaban J connectivity index is 0.000000817. The number of halogens is 1. The third-order valence-corrected chi connectivity index (χ3v) is 3.40. The van der Waals surface area contributed by atoms with Gasteiger partial charge in [-0.15, -0.1) is 0 Å². The largest absolute Gasteiger partial charge is 0.361 e. The second kappa shape index (κ2) is 10.2. The van der Waals surface area contributed by atoms with Gasteiger partial charge in [0.05, 0.1) is 6.54 Å². The second-order valence-electron chi connectivity index (χ2n) is 6.03. The van der Waals surface area contributed by atoms with Crippen LogP contribution >= 0.6 is 0 Å². The maximum Gasteiger partial charge on any atom is 0.212 e. The molecule has 0 radical (unpaired) electrons. The van der Waals surface area contributed by atoms with Crippen molar-refractivity contribution in [2.75, 3.05) is 19.0 Å². The molecule has 3 aromatic heterocycles. The van der Waals surface area contributed by atoms with E-state index in [1.807, 2.05) is 41.9 Å². The first-order valence-electron chi connectivity index (χ1n) is 8.84. The van der Waals surface area contributed by atoms with E-state index in [1.54, 1.807) is 24.7 Å². The van der Waals surface area contributed by atoms with Crippen LogP contribution in [0.4, 0.5) is 15.9 Å². The quantitative estimate of drug-likeness (QED) is 0.496. The number of hydrogen-bond acceptors (Lipinski definition) is 5. The number of pyridine rings is 2. The molecule has 0 N–H and O–H groups in total. The van der Waals surface area contributed by atoms with Crippen LogP contribution in [0.15, 0.2) is 54.0 Å². The van der Waals surface area contributed by atoms with E-state index in [4.69, 9.17) is 0 Å². The van der Waals surface area contributed by atoms with Crippen molar-refractivity contribution in [3.8, 4) is 11.4 Å². The van der Waals surface area contributed by atoms with Crippen molar-refractivity contribution in [2.24, 2.45) is 4.99 Å². The molecule has 6 nitrogen and oxygen atoms in total. The Morgan fingerprint density at radius 3 is 2.56 bits per heavy atom. The fourth-order valence-corrected chi connectivity index (χ4v) is 2.29. The predicted molar refractivity (Wildman–Crippen MR) is 108 cm³/mol. The van der Waals surface area contributed by atoms with Crippen LogP contribution < -0.4 is 4.90 Å². The van der Waals surface area contributed by atoms with Gasteiger partial charge in [0.15, 0.2) is 5.82 Å². The smallest absolute Gasteiger partial charge is 0.212 e. The van der Waals surface area contributed by atoms with Gasteiger partial charge in [0.2, 0.25) is 5.95 Å². The van der Waals surface area contributed by atoms with Crippen LogP contribution in [0, 0.1) is 5.95 Å². The van der Waals surface area contributed by atoms with Crippen molar-refractivity contribution in [2.45, 2.75) is 26.8 Å². The van der Waals surface area contributed by atoms with Crippen molar-refractivity contribution in [1.82, 2.24) is 19.5 Å². The second-order valence-corrected chi connectivity index (χ2v) is 6.03. The minimum absolute atomic E-state index is 0.508. The summed E-state index contributed by atoms with van der Waals surface area (Å²) >= 11 is 0. The Labute approximate surface area is 159 Å². The maximum atomic E-state index is 13.0. The van der Waals surface area contributed by atoms with Crippen LogP contribution in [0.25, 0.3) is 11.4 Å². The molecule has 3 heterocycles. The molecule has 0 saturated carbocycles. The summed E-state index contributed by atoms with van der Waals surface area (Å²) in [5, 5.41) is 0. The van der Waals surface area contributed by atoms with Crippen molar-refractivity contribution >= 4 is 17.7 Å². The predicted octanol–water partition coefficient (Wildman–Crippen LogP) is 4.36. The number of imidazole rings is 1. The minimum atomic E-state index is -0.508. The molecule has 0 aliphatic carbocycles. The lowest BCUT2D eigenvalue weighted by molar-refractivity contribution is 0.584. The Bertz CT molecular complexity index is 855. The van der Waals surface area contributed by atoms with Crippen LogP contribution in [0.5, 0.6) is 0 Å². The van der Waals surface area contributed by atoms with Gasteiger partial charge in [-0.1, -0.05) is 20.3 Å². The van der Waals surface area contributed by atoms with Crippen LogP contribution in [0.3, 0.4) is 0 Å². The molecule has 142 valence electrons. The lowest BCUT2D eigenvalue weighted by Crippen LogP contribution is -2.10. The highest BCUT2D eigenvalue weighted by molar-refractivity contribution is 5.70. The molecule has 0 aliphatic heterocycles. The first-order valence-corrected chi connectivity index (χ1v) is 8.84. The third-order valence-electron chi connectivity index (χ3n) is 3.40. The molecule has 0 bridgehead atoms. The molecule has 0 amide bonds. The highest BCUT2D eigenvalue weighted by atomic mass is 19.1. The van der Waals surface area contributed by atoms with Crippen molar-refractivity contribution in [1.29, 1.82) is 0 Å². The van der Waals surface area contributed by atoms with Gasteiger partial charge < -0.3 is 9.47 Å². The Kier molecular flexibility index (Phi) is 7.61. The van der Waals surface area contributed by atoms with Gasteiger partial charge in [-0.3, -0.25) is 4.99 Å². The standard InChI is InChI=1S/C17H17FN6.C3H8/c1-23(2)17-14(4-3-7-20-17)19-8-10-24-11-9-21-16(24)13-5-6-15(18)22-12-13;1-3-2/h3-9,11-12H,10H2,1-2H3;3H2,1-2H3. The normalized spacial score (nSPS) is 10.6. The average molecular weight is 368 g/mol. The van der Waals surface area contributed by atoms with Gasteiger partial charge in [0, 0.05) is 50.7 Å². The SMILES string of the molecule is CCC.CN(C)c1ncccc1N=CCn1ccnc1-c1ccc(F)nc1. The first kappa shape index (κ1) is 20.2. The lowest BCUT2D eigenvalue weighted by atomic mass is 10.2. The van der Waals surface area contributed by atoms with E-state index < -0.39 is 5.95 Å². The summed E-state index contributed by atoms with van der Waals surface area (Å²) in [4.78, 5) is 18.7. The first-order chi connectivity index (χ1) is 13.1. The van der Waals surface area contributed by atoms with E-state index >= 15 is 0 Å². The number of aliphatic imine (C=N–C) groups is 1. The molecular weight excluding hydrogens is 343 g/mol. The molecule has 0 atom stereocenters. The summed E-state index contributed by atoms with van der Waals surface area (Å²) in [5.41, 5.74) is 1.55. The molecule has 27 heavy (non-hydrogen) atoms. The van der Waals surface area contributed by atoms with Crippen molar-refractivity contribution < 1.29 is 4.39 Å². The summed E-state index contributed by atoms with van der Waals surface area (Å²) in [7, 11) is 3.85. The molecule has 7 heteroatoms. The third kappa shape index (κ3) is 5.70. The number of rotatable bonds is 5. The van der Waals surface area contributed by atoms with Crippen LogP contribution in [-0.4, -0.2) is 39.8 Å². The highest BCUT2D eigenvalue weighted by Gasteiger charge is 2.06. The van der Waals surface area contributed by atoms with Gasteiger partial charge in [-0.25, -0.2) is 15.0 Å². The van der Waals surface area contributed by atoms with Gasteiger partial charge >= 0.3 is 0 Å². The summed E-state index contributed by atoms with van der Waals surface area (Å²) in [6.07, 6.45) is 9.80. The number of anilines is 1. The number of nitrogens with zero attached hydrogens (tertiary/aromatic N) is 6. The fourth-order valence-electron chi connectivity index (χ4n) is 2.29. The number of hydrogen-bond donors (Lipinski definition) is 0. The molecule has 0 unspecified atom stereocenters. The van der Waals surface area contributed by atoms with E-state index in [-0.39, 0.29) is 0 Å². The van der Waals surface area contributed by atoms with Crippen LogP contribution in [0.2, 0.25) is 0 Å². The van der Waals surface area contributed by atoms with E-state index in [0.29, 0.717) is 12.4 Å². The average Bonchev–Trinajstić information content (AvgIpc) is 3.12. The monoisotopic (exact) mass is 368 g/mol. The van der Waals surface area contributed by atoms with Crippen molar-refractivity contribution in [3.63, 3.8) is 0 Å². The zero-order valence-corrected chi connectivity index (χ0v) is 16.2. The van der Waals surface area contributed by atoms with E-state index in [9.17, 15) is 4.39 Å². The molecule has 0 saturated heterocycles. The van der Waals surface area contributed by atoms with Crippen molar-refractivity contribution in [3.05, 3.63) is 55.0 Å². The molecule has 3 rings (SSSR count). The van der Waals surface area contributed by atoms with Gasteiger partial charge in [-0.2, -0.15) is 4.39 Å². The zero-order valence-electron chi connectivity index (χ0n) is 16.2. The van der Waals surface area contributed by atoms with Crippen LogP contribution in [0.1, 0.15) is 20.3 Å². The Morgan fingerprint density at radius 1 is 1.11 bits per heavy atom. The molecule has 3 aromatic rings. The summed E-state index contributed by atoms with van der Waals surface area (Å²) < 4.78 is 14.9. The highest BCUT2D eigenvalue weighted by Crippen LogP contribution is 2.23. The van der Waals surface area contributed by atoms with Gasteiger partial charge in [0.25, 0.3) is 0 Å². The van der Waals surface area contributed by atoms with Gasteiger partial charge in [-0.05, 0) is 24.3 Å². The zero-order chi connectivity index (χ0) is 19.6. The Morgan fingerprint density at radius 2 is 1.89 bits per heavy atom. The lowest BCUT2D eigenvalue weighted by Gasteiger charge is -2.12. The molecule has 0 fully saturated rings.